The molecule has 0 aliphatic heterocycles. The molecule has 0 aliphatic rings. The van der Waals surface area contributed by atoms with Crippen LogP contribution < -0.4 is 0 Å². The van der Waals surface area contributed by atoms with Crippen LogP contribution in [0.4, 0.5) is 0 Å². The van der Waals surface area contributed by atoms with E-state index in [1.165, 1.54) is 18.9 Å². The number of hydrogen-bond acceptors (Lipinski definition) is 4. The Balaban J connectivity index is 0. The Labute approximate surface area is 121 Å². The van der Waals surface area contributed by atoms with Crippen LogP contribution in [0.15, 0.2) is 12.7 Å². The number of rotatable bonds is 9. The predicted molar refractivity (Wildman–Crippen MR) is 80.6 cm³/mol. The van der Waals surface area contributed by atoms with Crippen LogP contribution in [-0.2, 0) is 14.3 Å². The van der Waals surface area contributed by atoms with Gasteiger partial charge in [-0.1, -0.05) is 39.7 Å². The van der Waals surface area contributed by atoms with Gasteiger partial charge in [-0.25, -0.2) is 4.79 Å². The molecule has 0 atom stereocenters. The molecule has 0 aromatic carbocycles. The Hall–Kier alpha value is -0.970. The lowest BCUT2D eigenvalue weighted by Gasteiger charge is -2.04. The van der Waals surface area contributed by atoms with Gasteiger partial charge < -0.3 is 9.84 Å². The van der Waals surface area contributed by atoms with E-state index in [1.807, 2.05) is 0 Å². The highest BCUT2D eigenvalue weighted by Gasteiger charge is 1.96. The highest BCUT2D eigenvalue weighted by atomic mass is 32.1. The van der Waals surface area contributed by atoms with Crippen LogP contribution >= 0.6 is 12.6 Å². The summed E-state index contributed by atoms with van der Waals surface area (Å²) >= 11 is 3.68. The fourth-order valence-corrected chi connectivity index (χ4v) is 1.35. The topological polar surface area (TPSA) is 63.6 Å². The van der Waals surface area contributed by atoms with Gasteiger partial charge in [-0.15, -0.1) is 0 Å². The Morgan fingerprint density at radius 2 is 1.95 bits per heavy atom. The van der Waals surface area contributed by atoms with Gasteiger partial charge in [-0.2, -0.15) is 12.6 Å². The van der Waals surface area contributed by atoms with Crippen LogP contribution in [0.3, 0.4) is 0 Å². The maximum absolute atomic E-state index is 10.6. The van der Waals surface area contributed by atoms with E-state index in [2.05, 4.69) is 33.1 Å². The molecule has 0 aromatic heterocycles. The van der Waals surface area contributed by atoms with Gasteiger partial charge in [0, 0.05) is 11.8 Å². The van der Waals surface area contributed by atoms with Crippen LogP contribution in [0.2, 0.25) is 0 Å². The number of carbonyl (C=O) groups is 2. The normalized spacial score (nSPS) is 9.47. The van der Waals surface area contributed by atoms with Gasteiger partial charge >= 0.3 is 11.9 Å². The molecule has 112 valence electrons. The molecule has 0 aliphatic carbocycles. The van der Waals surface area contributed by atoms with Crippen molar-refractivity contribution in [3.05, 3.63) is 12.7 Å². The van der Waals surface area contributed by atoms with Crippen molar-refractivity contribution in [3.8, 4) is 0 Å². The largest absolute Gasteiger partial charge is 0.481 e. The van der Waals surface area contributed by atoms with Gasteiger partial charge in [0.1, 0.15) is 0 Å². The molecule has 0 amide bonds. The monoisotopic (exact) mass is 290 g/mol. The summed E-state index contributed by atoms with van der Waals surface area (Å²) in [6, 6.07) is 0. The first kappa shape index (κ1) is 20.3. The summed E-state index contributed by atoms with van der Waals surface area (Å²) in [7, 11) is 0. The van der Waals surface area contributed by atoms with Crippen molar-refractivity contribution in [2.24, 2.45) is 5.92 Å². The number of unbranched alkanes of at least 4 members (excludes halogenated alkanes) is 2. The number of hydrogen-bond donors (Lipinski definition) is 2. The summed E-state index contributed by atoms with van der Waals surface area (Å²) in [6.45, 7) is 8.29. The molecule has 1 N–H and O–H groups in total. The Bertz CT molecular complexity index is 252. The van der Waals surface area contributed by atoms with E-state index in [1.54, 1.807) is 0 Å². The van der Waals surface area contributed by atoms with Crippen molar-refractivity contribution in [3.63, 3.8) is 0 Å². The van der Waals surface area contributed by atoms with Crippen molar-refractivity contribution in [2.75, 3.05) is 12.4 Å². The average Bonchev–Trinajstić information content (AvgIpc) is 2.33. The first-order chi connectivity index (χ1) is 8.93. The van der Waals surface area contributed by atoms with Gasteiger partial charge in [0.05, 0.1) is 13.0 Å². The molecule has 5 heteroatoms. The summed E-state index contributed by atoms with van der Waals surface area (Å²) in [4.78, 5) is 20.2. The summed E-state index contributed by atoms with van der Waals surface area (Å²) in [5, 5.41) is 7.86. The van der Waals surface area contributed by atoms with E-state index in [0.717, 1.165) is 18.8 Å². The van der Waals surface area contributed by atoms with Crippen molar-refractivity contribution < 1.29 is 19.4 Å². The zero-order chi connectivity index (χ0) is 15.1. The molecule has 4 nitrogen and oxygen atoms in total. The molecule has 0 saturated heterocycles. The third kappa shape index (κ3) is 22.7. The lowest BCUT2D eigenvalue weighted by atomic mass is 10.1. The maximum atomic E-state index is 10.6. The van der Waals surface area contributed by atoms with E-state index < -0.39 is 5.97 Å². The second kappa shape index (κ2) is 15.1. The number of carboxylic acid groups (broad SMARTS) is 1. The smallest absolute Gasteiger partial charge is 0.330 e. The molecule has 0 unspecified atom stereocenters. The highest BCUT2D eigenvalue weighted by Crippen LogP contribution is 2.07. The quantitative estimate of drug-likeness (QED) is 0.296. The van der Waals surface area contributed by atoms with Crippen LogP contribution in [0.1, 0.15) is 46.0 Å². The summed E-state index contributed by atoms with van der Waals surface area (Å²) in [5.41, 5.74) is 0. The number of aliphatic carboxylic acids is 1. The van der Waals surface area contributed by atoms with E-state index >= 15 is 0 Å². The summed E-state index contributed by atoms with van der Waals surface area (Å²) in [6.07, 6.45) is 5.95. The zero-order valence-electron chi connectivity index (χ0n) is 11.9. The molecule has 0 aromatic rings. The lowest BCUT2D eigenvalue weighted by Crippen LogP contribution is -2.01. The minimum atomic E-state index is -0.787. The van der Waals surface area contributed by atoms with Crippen molar-refractivity contribution in [1.29, 1.82) is 0 Å². The van der Waals surface area contributed by atoms with Gasteiger partial charge in [0.25, 0.3) is 0 Å². The summed E-state index contributed by atoms with van der Waals surface area (Å²) in [5.74, 6) is 0.0968. The molecule has 0 heterocycles. The predicted octanol–water partition coefficient (Wildman–Crippen LogP) is 3.32. The average molecular weight is 290 g/mol. The minimum absolute atomic E-state index is 0.156. The molecular formula is C14H26O4S. The zero-order valence-corrected chi connectivity index (χ0v) is 12.8. The number of carbonyl (C=O) groups excluding carboxylic acids is 1. The van der Waals surface area contributed by atoms with Crippen molar-refractivity contribution in [1.82, 2.24) is 0 Å². The van der Waals surface area contributed by atoms with Crippen LogP contribution in [0.5, 0.6) is 0 Å². The maximum Gasteiger partial charge on any atom is 0.330 e. The van der Waals surface area contributed by atoms with E-state index in [0.29, 0.717) is 12.4 Å². The third-order valence-electron chi connectivity index (χ3n) is 2.16. The first-order valence-corrected chi connectivity index (χ1v) is 7.19. The number of carboxylic acids is 1. The second-order valence-electron chi connectivity index (χ2n) is 4.48. The SMILES string of the molecule is C=CC(=O)OCCCCCC(C)C.O=C(O)CCS. The summed E-state index contributed by atoms with van der Waals surface area (Å²) < 4.78 is 4.84. The highest BCUT2D eigenvalue weighted by molar-refractivity contribution is 7.80. The lowest BCUT2D eigenvalue weighted by molar-refractivity contribution is -0.138. The molecule has 0 saturated carbocycles. The van der Waals surface area contributed by atoms with Crippen LogP contribution in [0, 0.1) is 5.92 Å². The second-order valence-corrected chi connectivity index (χ2v) is 4.93. The van der Waals surface area contributed by atoms with E-state index in [4.69, 9.17) is 9.84 Å². The Morgan fingerprint density at radius 1 is 1.32 bits per heavy atom. The van der Waals surface area contributed by atoms with Gasteiger partial charge in [0.15, 0.2) is 0 Å². The fraction of sp³-hybridized carbons (Fsp3) is 0.714. The standard InChI is InChI=1S/C11H20O2.C3H6O2S/c1-4-11(12)13-9-7-5-6-8-10(2)3;4-3(5)1-2-6/h4,10H,1,5-9H2,2-3H3;6H,1-2H2,(H,4,5). The molecule has 0 fully saturated rings. The van der Waals surface area contributed by atoms with Gasteiger partial charge in [-0.05, 0) is 12.3 Å². The Morgan fingerprint density at radius 3 is 2.32 bits per heavy atom. The minimum Gasteiger partial charge on any atom is -0.481 e. The van der Waals surface area contributed by atoms with E-state index in [-0.39, 0.29) is 12.4 Å². The Kier molecular flexibility index (Phi) is 16.2. The molecule has 0 spiro atoms. The van der Waals surface area contributed by atoms with Crippen LogP contribution in [-0.4, -0.2) is 29.4 Å². The fourth-order valence-electron chi connectivity index (χ4n) is 1.16. The third-order valence-corrected chi connectivity index (χ3v) is 2.39. The molecule has 0 radical (unpaired) electrons. The number of ether oxygens (including phenoxy) is 1. The molecular weight excluding hydrogens is 264 g/mol. The molecule has 0 bridgehead atoms. The van der Waals surface area contributed by atoms with Crippen molar-refractivity contribution in [2.45, 2.75) is 46.0 Å². The first-order valence-electron chi connectivity index (χ1n) is 6.55. The molecule has 19 heavy (non-hydrogen) atoms. The molecule has 0 rings (SSSR count). The number of thiol groups is 1. The van der Waals surface area contributed by atoms with E-state index in [9.17, 15) is 9.59 Å². The number of esters is 1. The van der Waals surface area contributed by atoms with Crippen LogP contribution in [0.25, 0.3) is 0 Å². The van der Waals surface area contributed by atoms with Gasteiger partial charge in [-0.3, -0.25) is 4.79 Å². The van der Waals surface area contributed by atoms with Crippen molar-refractivity contribution >= 4 is 24.6 Å². The van der Waals surface area contributed by atoms with Gasteiger partial charge in [0.2, 0.25) is 0 Å².